The zero-order chi connectivity index (χ0) is 18.7. The Morgan fingerprint density at radius 3 is 2.46 bits per heavy atom. The molecule has 1 aromatic carbocycles. The average Bonchev–Trinajstić information content (AvgIpc) is 3.45. The molecule has 1 fully saturated rings. The van der Waals surface area contributed by atoms with Crippen LogP contribution in [0.1, 0.15) is 29.5 Å². The molecule has 6 heteroatoms. The molecule has 1 saturated carbocycles. The van der Waals surface area contributed by atoms with Gasteiger partial charge in [0.05, 0.1) is 7.11 Å². The van der Waals surface area contributed by atoms with Crippen molar-refractivity contribution >= 4 is 11.9 Å². The minimum atomic E-state index is -1.02. The number of esters is 1. The van der Waals surface area contributed by atoms with E-state index in [0.29, 0.717) is 18.7 Å². The summed E-state index contributed by atoms with van der Waals surface area (Å²) in [6, 6.07) is 9.54. The first-order chi connectivity index (χ1) is 12.5. The molecule has 0 spiro atoms. The Bertz CT molecular complexity index is 823. The molecule has 0 saturated heterocycles. The van der Waals surface area contributed by atoms with Crippen molar-refractivity contribution in [3.8, 4) is 11.6 Å². The van der Waals surface area contributed by atoms with Gasteiger partial charge in [0.25, 0.3) is 0 Å². The number of pyridine rings is 1. The maximum absolute atomic E-state index is 12.4. The number of carbonyl (C=O) groups excluding carboxylic acids is 2. The first-order valence-corrected chi connectivity index (χ1v) is 8.52. The van der Waals surface area contributed by atoms with Crippen LogP contribution in [0.5, 0.6) is 11.6 Å². The van der Waals surface area contributed by atoms with Crippen molar-refractivity contribution in [2.45, 2.75) is 33.2 Å². The maximum atomic E-state index is 12.4. The zero-order valence-electron chi connectivity index (χ0n) is 15.2. The van der Waals surface area contributed by atoms with E-state index in [4.69, 9.17) is 9.47 Å². The molecule has 0 aliphatic heterocycles. The van der Waals surface area contributed by atoms with Crippen LogP contribution < -0.4 is 10.1 Å². The van der Waals surface area contributed by atoms with E-state index < -0.39 is 11.4 Å². The SMILES string of the molecule is COC(=O)C1(C(=O)NCc2cccnc2Oc2c(C)cccc2C)CC1. The van der Waals surface area contributed by atoms with Gasteiger partial charge in [-0.25, -0.2) is 4.98 Å². The first kappa shape index (κ1) is 17.9. The normalized spacial score (nSPS) is 14.4. The molecule has 0 radical (unpaired) electrons. The molecule has 3 rings (SSSR count). The number of methoxy groups -OCH3 is 1. The zero-order valence-corrected chi connectivity index (χ0v) is 15.2. The molecule has 1 heterocycles. The highest BCUT2D eigenvalue weighted by Gasteiger charge is 2.57. The molecular weight excluding hydrogens is 332 g/mol. The monoisotopic (exact) mass is 354 g/mol. The van der Waals surface area contributed by atoms with Crippen LogP contribution in [0.25, 0.3) is 0 Å². The Hall–Kier alpha value is -2.89. The lowest BCUT2D eigenvalue weighted by Crippen LogP contribution is -2.37. The molecule has 26 heavy (non-hydrogen) atoms. The second-order valence-electron chi connectivity index (χ2n) is 6.55. The van der Waals surface area contributed by atoms with Crippen LogP contribution in [-0.2, 0) is 20.9 Å². The highest BCUT2D eigenvalue weighted by Crippen LogP contribution is 2.47. The largest absolute Gasteiger partial charge is 0.468 e. The summed E-state index contributed by atoms with van der Waals surface area (Å²) >= 11 is 0. The Morgan fingerprint density at radius 1 is 1.15 bits per heavy atom. The molecule has 0 unspecified atom stereocenters. The van der Waals surface area contributed by atoms with E-state index in [2.05, 4.69) is 10.3 Å². The smallest absolute Gasteiger partial charge is 0.321 e. The van der Waals surface area contributed by atoms with Gasteiger partial charge in [-0.2, -0.15) is 0 Å². The van der Waals surface area contributed by atoms with Gasteiger partial charge in [0.15, 0.2) is 0 Å². The number of hydrogen-bond donors (Lipinski definition) is 1. The first-order valence-electron chi connectivity index (χ1n) is 8.52. The van der Waals surface area contributed by atoms with Gasteiger partial charge in [-0.05, 0) is 43.9 Å². The fourth-order valence-electron chi connectivity index (χ4n) is 2.90. The third-order valence-corrected chi connectivity index (χ3v) is 4.66. The lowest BCUT2D eigenvalue weighted by molar-refractivity contribution is -0.152. The minimum absolute atomic E-state index is 0.228. The highest BCUT2D eigenvalue weighted by atomic mass is 16.5. The molecular formula is C20H22N2O4. The second kappa shape index (κ2) is 7.15. The quantitative estimate of drug-likeness (QED) is 0.637. The lowest BCUT2D eigenvalue weighted by Gasteiger charge is -2.16. The Labute approximate surface area is 152 Å². The van der Waals surface area contributed by atoms with Crippen molar-refractivity contribution in [1.29, 1.82) is 0 Å². The third-order valence-electron chi connectivity index (χ3n) is 4.66. The summed E-state index contributed by atoms with van der Waals surface area (Å²) in [6.07, 6.45) is 2.68. The summed E-state index contributed by atoms with van der Waals surface area (Å²) in [5.41, 5.74) is 1.73. The lowest BCUT2D eigenvalue weighted by atomic mass is 10.1. The van der Waals surface area contributed by atoms with E-state index in [-0.39, 0.29) is 12.5 Å². The van der Waals surface area contributed by atoms with Crippen molar-refractivity contribution in [1.82, 2.24) is 10.3 Å². The molecule has 6 nitrogen and oxygen atoms in total. The van der Waals surface area contributed by atoms with E-state index in [9.17, 15) is 9.59 Å². The number of rotatable bonds is 6. The Morgan fingerprint density at radius 2 is 1.85 bits per heavy atom. The molecule has 1 aliphatic carbocycles. The van der Waals surface area contributed by atoms with Gasteiger partial charge < -0.3 is 14.8 Å². The number of ether oxygens (including phenoxy) is 2. The number of nitrogens with one attached hydrogen (secondary N) is 1. The molecule has 0 atom stereocenters. The second-order valence-corrected chi connectivity index (χ2v) is 6.55. The fourth-order valence-corrected chi connectivity index (χ4v) is 2.90. The van der Waals surface area contributed by atoms with Crippen LogP contribution in [-0.4, -0.2) is 24.0 Å². The molecule has 2 aromatic rings. The van der Waals surface area contributed by atoms with E-state index in [1.165, 1.54) is 7.11 Å². The molecule has 0 bridgehead atoms. The van der Waals surface area contributed by atoms with Crippen molar-refractivity contribution in [2.24, 2.45) is 5.41 Å². The van der Waals surface area contributed by atoms with Gasteiger partial charge in [0.2, 0.25) is 11.8 Å². The van der Waals surface area contributed by atoms with E-state index in [0.717, 1.165) is 22.4 Å². The van der Waals surface area contributed by atoms with E-state index in [1.54, 1.807) is 12.3 Å². The number of amides is 1. The van der Waals surface area contributed by atoms with Crippen LogP contribution in [0.3, 0.4) is 0 Å². The van der Waals surface area contributed by atoms with Gasteiger partial charge in [-0.3, -0.25) is 9.59 Å². The van der Waals surface area contributed by atoms with Gasteiger partial charge in [0, 0.05) is 18.3 Å². The third kappa shape index (κ3) is 3.40. The van der Waals surface area contributed by atoms with Gasteiger partial charge in [-0.1, -0.05) is 24.3 Å². The number of carbonyl (C=O) groups is 2. The molecule has 1 N–H and O–H groups in total. The van der Waals surface area contributed by atoms with Gasteiger partial charge >= 0.3 is 5.97 Å². The maximum Gasteiger partial charge on any atom is 0.321 e. The molecule has 1 aliphatic rings. The predicted molar refractivity (Wildman–Crippen MR) is 95.8 cm³/mol. The fraction of sp³-hybridized carbons (Fsp3) is 0.350. The predicted octanol–water partition coefficient (Wildman–Crippen LogP) is 3.06. The number of aryl methyl sites for hydroxylation is 2. The van der Waals surface area contributed by atoms with Crippen LogP contribution in [0.2, 0.25) is 0 Å². The number of para-hydroxylation sites is 1. The topological polar surface area (TPSA) is 77.5 Å². The van der Waals surface area contributed by atoms with Gasteiger partial charge in [0.1, 0.15) is 11.2 Å². The van der Waals surface area contributed by atoms with Crippen LogP contribution in [0.15, 0.2) is 36.5 Å². The molecule has 1 amide bonds. The standard InChI is InChI=1S/C20H22N2O4/c1-13-6-4-7-14(2)16(13)26-17-15(8-5-11-21-17)12-22-18(23)20(9-10-20)19(24)25-3/h4-8,11H,9-10,12H2,1-3H3,(H,22,23). The van der Waals surface area contributed by atoms with Crippen LogP contribution in [0, 0.1) is 19.3 Å². The molecule has 1 aromatic heterocycles. The van der Waals surface area contributed by atoms with Crippen molar-refractivity contribution in [3.05, 3.63) is 53.2 Å². The Balaban J connectivity index is 1.74. The number of hydrogen-bond acceptors (Lipinski definition) is 5. The van der Waals surface area contributed by atoms with Crippen LogP contribution >= 0.6 is 0 Å². The number of nitrogens with zero attached hydrogens (tertiary/aromatic N) is 1. The van der Waals surface area contributed by atoms with E-state index in [1.807, 2.05) is 38.1 Å². The highest BCUT2D eigenvalue weighted by molar-refractivity contribution is 6.05. The van der Waals surface area contributed by atoms with Crippen molar-refractivity contribution < 1.29 is 19.1 Å². The Kier molecular flexibility index (Phi) is 4.93. The van der Waals surface area contributed by atoms with Crippen molar-refractivity contribution in [2.75, 3.05) is 7.11 Å². The van der Waals surface area contributed by atoms with E-state index >= 15 is 0 Å². The summed E-state index contributed by atoms with van der Waals surface area (Å²) in [6.45, 7) is 4.17. The summed E-state index contributed by atoms with van der Waals surface area (Å²) in [5, 5.41) is 2.81. The van der Waals surface area contributed by atoms with Crippen molar-refractivity contribution in [3.63, 3.8) is 0 Å². The summed E-state index contributed by atoms with van der Waals surface area (Å²) in [5.74, 6) is 0.402. The summed E-state index contributed by atoms with van der Waals surface area (Å²) < 4.78 is 10.8. The summed E-state index contributed by atoms with van der Waals surface area (Å²) in [4.78, 5) is 28.5. The number of benzene rings is 1. The summed E-state index contributed by atoms with van der Waals surface area (Å²) in [7, 11) is 1.30. The molecule has 136 valence electrons. The minimum Gasteiger partial charge on any atom is -0.468 e. The number of aromatic nitrogens is 1. The van der Waals surface area contributed by atoms with Crippen LogP contribution in [0.4, 0.5) is 0 Å². The van der Waals surface area contributed by atoms with Gasteiger partial charge in [-0.15, -0.1) is 0 Å². The average molecular weight is 354 g/mol.